The van der Waals surface area contributed by atoms with E-state index in [2.05, 4.69) is 9.80 Å². The van der Waals surface area contributed by atoms with Crippen LogP contribution in [0.2, 0.25) is 0 Å². The van der Waals surface area contributed by atoms with Crippen LogP contribution in [-0.4, -0.2) is 47.9 Å². The number of nitrogens with zero attached hydrogens (tertiary/aromatic N) is 2. The first kappa shape index (κ1) is 12.2. The van der Waals surface area contributed by atoms with E-state index in [4.69, 9.17) is 0 Å². The van der Waals surface area contributed by atoms with Crippen molar-refractivity contribution < 1.29 is 4.79 Å². The summed E-state index contributed by atoms with van der Waals surface area (Å²) >= 11 is 1.55. The van der Waals surface area contributed by atoms with Gasteiger partial charge in [-0.1, -0.05) is 6.07 Å². The van der Waals surface area contributed by atoms with E-state index in [1.807, 2.05) is 17.5 Å². The highest BCUT2D eigenvalue weighted by Crippen LogP contribution is 2.22. The van der Waals surface area contributed by atoms with Crippen molar-refractivity contribution in [1.29, 1.82) is 0 Å². The number of carbonyl (C=O) groups is 1. The zero-order valence-electron chi connectivity index (χ0n) is 10.7. The molecule has 1 aromatic rings. The first-order chi connectivity index (χ1) is 8.84. The number of piperidine rings is 1. The highest BCUT2D eigenvalue weighted by molar-refractivity contribution is 7.12. The third kappa shape index (κ3) is 2.45. The van der Waals surface area contributed by atoms with Crippen LogP contribution in [0, 0.1) is 0 Å². The van der Waals surface area contributed by atoms with Gasteiger partial charge >= 0.3 is 0 Å². The highest BCUT2D eigenvalue weighted by Gasteiger charge is 2.29. The van der Waals surface area contributed by atoms with Crippen molar-refractivity contribution in [2.45, 2.75) is 31.7 Å². The normalized spacial score (nSPS) is 25.6. The predicted octanol–water partition coefficient (Wildman–Crippen LogP) is 2.45. The van der Waals surface area contributed by atoms with Gasteiger partial charge in [0.1, 0.15) is 0 Å². The van der Waals surface area contributed by atoms with Crippen molar-refractivity contribution >= 4 is 17.2 Å². The Bertz CT molecular complexity index is 398. The van der Waals surface area contributed by atoms with Crippen LogP contribution in [0.25, 0.3) is 0 Å². The second kappa shape index (κ2) is 5.41. The molecular weight excluding hydrogens is 244 g/mol. The maximum atomic E-state index is 12.3. The Hall–Kier alpha value is -0.870. The van der Waals surface area contributed by atoms with Crippen LogP contribution in [0.4, 0.5) is 0 Å². The average Bonchev–Trinajstić information content (AvgIpc) is 3.11. The van der Waals surface area contributed by atoms with Gasteiger partial charge in [-0.25, -0.2) is 0 Å². The third-order valence-electron chi connectivity index (χ3n) is 4.07. The number of carbonyl (C=O) groups excluding carboxylic acids is 1. The molecule has 1 aromatic heterocycles. The molecule has 2 fully saturated rings. The first-order valence-electron chi connectivity index (χ1n) is 6.91. The topological polar surface area (TPSA) is 23.6 Å². The molecule has 18 heavy (non-hydrogen) atoms. The smallest absolute Gasteiger partial charge is 0.263 e. The minimum Gasteiger partial charge on any atom is -0.336 e. The standard InChI is InChI=1S/C14H20N2OS/c17-14(13-6-4-10-18-13)16-9-3-5-12(11-16)15-7-1-2-8-15/h4,6,10,12H,1-3,5,7-9,11H2. The molecule has 98 valence electrons. The summed E-state index contributed by atoms with van der Waals surface area (Å²) in [5, 5.41) is 1.98. The largest absolute Gasteiger partial charge is 0.336 e. The average molecular weight is 264 g/mol. The molecule has 1 atom stereocenters. The van der Waals surface area contributed by atoms with Gasteiger partial charge in [0.05, 0.1) is 4.88 Å². The Kier molecular flexibility index (Phi) is 3.66. The molecule has 4 heteroatoms. The number of hydrogen-bond donors (Lipinski definition) is 0. The molecule has 0 aromatic carbocycles. The van der Waals surface area contributed by atoms with Crippen LogP contribution in [-0.2, 0) is 0 Å². The number of hydrogen-bond acceptors (Lipinski definition) is 3. The summed E-state index contributed by atoms with van der Waals surface area (Å²) in [4.78, 5) is 17.9. The Morgan fingerprint density at radius 1 is 1.22 bits per heavy atom. The van der Waals surface area contributed by atoms with Gasteiger partial charge in [-0.3, -0.25) is 9.69 Å². The van der Waals surface area contributed by atoms with Gasteiger partial charge in [0.2, 0.25) is 0 Å². The Balaban J connectivity index is 1.64. The number of amides is 1. The van der Waals surface area contributed by atoms with Crippen molar-refractivity contribution in [2.75, 3.05) is 26.2 Å². The SMILES string of the molecule is O=C(c1cccs1)N1CCCC(N2CCCC2)C1. The van der Waals surface area contributed by atoms with Gasteiger partial charge in [0.15, 0.2) is 0 Å². The Labute approximate surface area is 112 Å². The minimum atomic E-state index is 0.230. The van der Waals surface area contributed by atoms with E-state index in [0.717, 1.165) is 24.4 Å². The predicted molar refractivity (Wildman–Crippen MR) is 74.1 cm³/mol. The number of thiophene rings is 1. The molecule has 0 radical (unpaired) electrons. The molecule has 1 amide bonds. The van der Waals surface area contributed by atoms with Gasteiger partial charge < -0.3 is 4.90 Å². The van der Waals surface area contributed by atoms with Gasteiger partial charge in [-0.15, -0.1) is 11.3 Å². The summed E-state index contributed by atoms with van der Waals surface area (Å²) in [7, 11) is 0. The molecule has 2 aliphatic heterocycles. The Morgan fingerprint density at radius 2 is 2.06 bits per heavy atom. The summed E-state index contributed by atoms with van der Waals surface area (Å²) < 4.78 is 0. The van der Waals surface area contributed by atoms with E-state index in [1.54, 1.807) is 11.3 Å². The molecule has 0 spiro atoms. The zero-order chi connectivity index (χ0) is 12.4. The quantitative estimate of drug-likeness (QED) is 0.819. The molecule has 1 unspecified atom stereocenters. The zero-order valence-corrected chi connectivity index (χ0v) is 11.5. The second-order valence-corrected chi connectivity index (χ2v) is 6.22. The van der Waals surface area contributed by atoms with Crippen molar-refractivity contribution in [3.05, 3.63) is 22.4 Å². The molecule has 3 nitrogen and oxygen atoms in total. The lowest BCUT2D eigenvalue weighted by molar-refractivity contribution is 0.0612. The summed E-state index contributed by atoms with van der Waals surface area (Å²) in [5.74, 6) is 0.230. The van der Waals surface area contributed by atoms with Crippen LogP contribution in [0.5, 0.6) is 0 Å². The van der Waals surface area contributed by atoms with Crippen LogP contribution < -0.4 is 0 Å². The van der Waals surface area contributed by atoms with Crippen LogP contribution in [0.3, 0.4) is 0 Å². The van der Waals surface area contributed by atoms with Crippen molar-refractivity contribution in [1.82, 2.24) is 9.80 Å². The fourth-order valence-electron chi connectivity index (χ4n) is 3.10. The van der Waals surface area contributed by atoms with E-state index in [9.17, 15) is 4.79 Å². The third-order valence-corrected chi connectivity index (χ3v) is 4.93. The maximum absolute atomic E-state index is 12.3. The van der Waals surface area contributed by atoms with Gasteiger partial charge in [0.25, 0.3) is 5.91 Å². The van der Waals surface area contributed by atoms with Gasteiger partial charge in [-0.05, 0) is 50.2 Å². The molecule has 3 heterocycles. The minimum absolute atomic E-state index is 0.230. The van der Waals surface area contributed by atoms with E-state index in [1.165, 1.54) is 32.4 Å². The van der Waals surface area contributed by atoms with Crippen LogP contribution in [0.15, 0.2) is 17.5 Å². The molecule has 0 aliphatic carbocycles. The molecule has 0 N–H and O–H groups in total. The van der Waals surface area contributed by atoms with E-state index in [-0.39, 0.29) is 5.91 Å². The molecule has 2 aliphatic rings. The highest BCUT2D eigenvalue weighted by atomic mass is 32.1. The number of rotatable bonds is 2. The van der Waals surface area contributed by atoms with E-state index >= 15 is 0 Å². The summed E-state index contributed by atoms with van der Waals surface area (Å²) in [6.45, 7) is 4.31. The molecule has 2 saturated heterocycles. The monoisotopic (exact) mass is 264 g/mol. The summed E-state index contributed by atoms with van der Waals surface area (Å²) in [6, 6.07) is 4.50. The molecule has 0 bridgehead atoms. The fourth-order valence-corrected chi connectivity index (χ4v) is 3.79. The van der Waals surface area contributed by atoms with Crippen LogP contribution >= 0.6 is 11.3 Å². The van der Waals surface area contributed by atoms with Crippen LogP contribution in [0.1, 0.15) is 35.4 Å². The second-order valence-electron chi connectivity index (χ2n) is 5.27. The Morgan fingerprint density at radius 3 is 2.78 bits per heavy atom. The lowest BCUT2D eigenvalue weighted by atomic mass is 10.0. The lowest BCUT2D eigenvalue weighted by Gasteiger charge is -2.37. The van der Waals surface area contributed by atoms with E-state index < -0.39 is 0 Å². The van der Waals surface area contributed by atoms with E-state index in [0.29, 0.717) is 6.04 Å². The molecular formula is C14H20N2OS. The summed E-state index contributed by atoms with van der Waals surface area (Å²) in [5.41, 5.74) is 0. The first-order valence-corrected chi connectivity index (χ1v) is 7.79. The number of likely N-dealkylation sites (tertiary alicyclic amines) is 2. The molecule has 3 rings (SSSR count). The fraction of sp³-hybridized carbons (Fsp3) is 0.643. The van der Waals surface area contributed by atoms with Crippen molar-refractivity contribution in [2.24, 2.45) is 0 Å². The van der Waals surface area contributed by atoms with Gasteiger partial charge in [0, 0.05) is 19.1 Å². The maximum Gasteiger partial charge on any atom is 0.263 e. The summed E-state index contributed by atoms with van der Waals surface area (Å²) in [6.07, 6.45) is 5.07. The van der Waals surface area contributed by atoms with Crippen molar-refractivity contribution in [3.8, 4) is 0 Å². The van der Waals surface area contributed by atoms with Gasteiger partial charge in [-0.2, -0.15) is 0 Å². The van der Waals surface area contributed by atoms with Crippen molar-refractivity contribution in [3.63, 3.8) is 0 Å². The lowest BCUT2D eigenvalue weighted by Crippen LogP contribution is -2.48. The molecule has 0 saturated carbocycles.